The highest BCUT2D eigenvalue weighted by Crippen LogP contribution is 2.27. The topological polar surface area (TPSA) is 38.7 Å². The zero-order valence-corrected chi connectivity index (χ0v) is 12.9. The molecule has 0 spiro atoms. The highest BCUT2D eigenvalue weighted by Gasteiger charge is 2.09. The van der Waals surface area contributed by atoms with Gasteiger partial charge in [-0.25, -0.2) is 4.98 Å². The molecule has 3 aromatic heterocycles. The molecule has 0 aliphatic carbocycles. The maximum Gasteiger partial charge on any atom is 0.0909 e. The Morgan fingerprint density at radius 3 is 1.43 bits per heavy atom. The molecule has 3 nitrogen and oxygen atoms in total. The number of hydrogen-bond donors (Lipinski definition) is 0. The van der Waals surface area contributed by atoms with Crippen molar-refractivity contribution in [3.05, 3.63) is 63.9 Å². The molecule has 3 heterocycles. The number of hydrogen-bond acceptors (Lipinski definition) is 3. The van der Waals surface area contributed by atoms with Crippen LogP contribution in [-0.4, -0.2) is 15.0 Å². The molecule has 0 bridgehead atoms. The number of pyridine rings is 3. The molecule has 0 radical (unpaired) electrons. The second-order valence-electron chi connectivity index (χ2n) is 4.27. The molecule has 3 rings (SSSR count). The van der Waals surface area contributed by atoms with Crippen molar-refractivity contribution in [2.75, 3.05) is 0 Å². The summed E-state index contributed by atoms with van der Waals surface area (Å²) in [7, 11) is 0. The summed E-state index contributed by atoms with van der Waals surface area (Å²) in [6.07, 6.45) is 3.25. The summed E-state index contributed by atoms with van der Waals surface area (Å²) in [6, 6.07) is 10.3. The minimum Gasteiger partial charge on any atom is -0.255 e. The van der Waals surface area contributed by atoms with Crippen LogP contribution in [0.3, 0.4) is 0 Å². The van der Waals surface area contributed by atoms with E-state index in [4.69, 9.17) is 34.8 Å². The van der Waals surface area contributed by atoms with Crippen LogP contribution in [0.5, 0.6) is 0 Å². The lowest BCUT2D eigenvalue weighted by atomic mass is 10.2. The molecule has 6 heteroatoms. The van der Waals surface area contributed by atoms with Crippen LogP contribution in [0.2, 0.25) is 15.1 Å². The Hall–Kier alpha value is -1.68. The van der Waals surface area contributed by atoms with E-state index in [2.05, 4.69) is 15.0 Å². The van der Waals surface area contributed by atoms with Crippen LogP contribution in [0.15, 0.2) is 48.8 Å². The summed E-state index contributed by atoms with van der Waals surface area (Å²) in [6.45, 7) is 0. The van der Waals surface area contributed by atoms with Gasteiger partial charge in [0.2, 0.25) is 0 Å². The Bertz CT molecular complexity index is 742. The molecule has 0 N–H and O–H groups in total. The second-order valence-corrected chi connectivity index (χ2v) is 5.58. The third kappa shape index (κ3) is 3.32. The number of aromatic nitrogens is 3. The first kappa shape index (κ1) is 14.3. The monoisotopic (exact) mass is 335 g/mol. The van der Waals surface area contributed by atoms with Gasteiger partial charge in [-0.3, -0.25) is 9.97 Å². The SMILES string of the molecule is Clc1ccnc(-c2cc(Cl)cc(-c3cc(Cl)ccn3)n2)c1. The molecule has 21 heavy (non-hydrogen) atoms. The summed E-state index contributed by atoms with van der Waals surface area (Å²) in [5.41, 5.74) is 2.55. The van der Waals surface area contributed by atoms with Crippen LogP contribution in [0.1, 0.15) is 0 Å². The molecule has 0 unspecified atom stereocenters. The van der Waals surface area contributed by atoms with Crippen LogP contribution < -0.4 is 0 Å². The molecular formula is C15H8Cl3N3. The number of rotatable bonds is 2. The average Bonchev–Trinajstić information content (AvgIpc) is 2.46. The molecular weight excluding hydrogens is 329 g/mol. The van der Waals surface area contributed by atoms with E-state index in [-0.39, 0.29) is 0 Å². The third-order valence-electron chi connectivity index (χ3n) is 2.76. The highest BCUT2D eigenvalue weighted by molar-refractivity contribution is 6.32. The fourth-order valence-corrected chi connectivity index (χ4v) is 2.38. The van der Waals surface area contributed by atoms with E-state index >= 15 is 0 Å². The first-order valence-electron chi connectivity index (χ1n) is 6.03. The van der Waals surface area contributed by atoms with Crippen molar-refractivity contribution in [3.8, 4) is 22.8 Å². The van der Waals surface area contributed by atoms with E-state index < -0.39 is 0 Å². The molecule has 3 aromatic rings. The first-order valence-corrected chi connectivity index (χ1v) is 7.17. The van der Waals surface area contributed by atoms with Crippen molar-refractivity contribution in [2.45, 2.75) is 0 Å². The standard InChI is InChI=1S/C15H8Cl3N3/c16-9-1-3-19-12(5-9)14-7-11(18)8-15(21-14)13-6-10(17)2-4-20-13/h1-8H. The van der Waals surface area contributed by atoms with Crippen molar-refractivity contribution in [1.82, 2.24) is 15.0 Å². The quantitative estimate of drug-likeness (QED) is 0.648. The predicted molar refractivity (Wildman–Crippen MR) is 85.7 cm³/mol. The number of halogens is 3. The normalized spacial score (nSPS) is 10.6. The van der Waals surface area contributed by atoms with Crippen LogP contribution in [-0.2, 0) is 0 Å². The average molecular weight is 337 g/mol. The minimum absolute atomic E-state index is 0.540. The van der Waals surface area contributed by atoms with Crippen LogP contribution in [0.4, 0.5) is 0 Å². The maximum absolute atomic E-state index is 6.17. The van der Waals surface area contributed by atoms with Crippen LogP contribution in [0.25, 0.3) is 22.8 Å². The van der Waals surface area contributed by atoms with Crippen molar-refractivity contribution >= 4 is 34.8 Å². The highest BCUT2D eigenvalue weighted by atomic mass is 35.5. The van der Waals surface area contributed by atoms with Crippen molar-refractivity contribution < 1.29 is 0 Å². The largest absolute Gasteiger partial charge is 0.255 e. The fraction of sp³-hybridized carbons (Fsp3) is 0. The molecule has 0 atom stereocenters. The van der Waals surface area contributed by atoms with Gasteiger partial charge in [0.1, 0.15) is 0 Å². The van der Waals surface area contributed by atoms with E-state index in [0.29, 0.717) is 37.8 Å². The van der Waals surface area contributed by atoms with Gasteiger partial charge >= 0.3 is 0 Å². The molecule has 0 aliphatic heterocycles. The molecule has 0 saturated carbocycles. The summed E-state index contributed by atoms with van der Waals surface area (Å²) >= 11 is 18.1. The van der Waals surface area contributed by atoms with Gasteiger partial charge in [-0.15, -0.1) is 0 Å². The zero-order valence-electron chi connectivity index (χ0n) is 10.6. The van der Waals surface area contributed by atoms with E-state index in [0.717, 1.165) is 0 Å². The fourth-order valence-electron chi connectivity index (χ4n) is 1.85. The molecule has 0 fully saturated rings. The molecule has 104 valence electrons. The van der Waals surface area contributed by atoms with Gasteiger partial charge in [-0.05, 0) is 36.4 Å². The van der Waals surface area contributed by atoms with Gasteiger partial charge in [0.15, 0.2) is 0 Å². The third-order valence-corrected chi connectivity index (χ3v) is 3.45. The van der Waals surface area contributed by atoms with E-state index in [9.17, 15) is 0 Å². The lowest BCUT2D eigenvalue weighted by Gasteiger charge is -2.06. The predicted octanol–water partition coefficient (Wildman–Crippen LogP) is 5.17. The van der Waals surface area contributed by atoms with Crippen LogP contribution >= 0.6 is 34.8 Å². The summed E-state index contributed by atoms with van der Waals surface area (Å²) < 4.78 is 0. The Morgan fingerprint density at radius 1 is 0.571 bits per heavy atom. The Morgan fingerprint density at radius 2 is 1.00 bits per heavy atom. The lowest BCUT2D eigenvalue weighted by molar-refractivity contribution is 1.22. The van der Waals surface area contributed by atoms with Gasteiger partial charge in [0.25, 0.3) is 0 Å². The Labute approximate surface area is 136 Å². The molecule has 0 aromatic carbocycles. The summed E-state index contributed by atoms with van der Waals surface area (Å²) in [5.74, 6) is 0. The smallest absolute Gasteiger partial charge is 0.0909 e. The maximum atomic E-state index is 6.17. The van der Waals surface area contributed by atoms with Crippen molar-refractivity contribution in [2.24, 2.45) is 0 Å². The molecule has 0 aliphatic rings. The zero-order chi connectivity index (χ0) is 14.8. The van der Waals surface area contributed by atoms with Gasteiger partial charge in [-0.1, -0.05) is 34.8 Å². The summed E-state index contributed by atoms with van der Waals surface area (Å²) in [5, 5.41) is 1.71. The summed E-state index contributed by atoms with van der Waals surface area (Å²) in [4.78, 5) is 13.0. The van der Waals surface area contributed by atoms with Gasteiger partial charge in [-0.2, -0.15) is 0 Å². The Balaban J connectivity index is 2.12. The van der Waals surface area contributed by atoms with Gasteiger partial charge in [0.05, 0.1) is 22.8 Å². The minimum atomic E-state index is 0.540. The second kappa shape index (κ2) is 5.98. The van der Waals surface area contributed by atoms with Crippen molar-refractivity contribution in [3.63, 3.8) is 0 Å². The molecule has 0 amide bonds. The van der Waals surface area contributed by atoms with E-state index in [1.54, 1.807) is 48.8 Å². The van der Waals surface area contributed by atoms with E-state index in [1.807, 2.05) is 0 Å². The Kier molecular flexibility index (Phi) is 4.06. The first-order chi connectivity index (χ1) is 10.1. The van der Waals surface area contributed by atoms with Gasteiger partial charge in [0, 0.05) is 27.5 Å². The number of nitrogens with zero attached hydrogens (tertiary/aromatic N) is 3. The van der Waals surface area contributed by atoms with Crippen molar-refractivity contribution in [1.29, 1.82) is 0 Å². The van der Waals surface area contributed by atoms with Gasteiger partial charge < -0.3 is 0 Å². The van der Waals surface area contributed by atoms with E-state index in [1.165, 1.54) is 0 Å². The lowest BCUT2D eigenvalue weighted by Crippen LogP contribution is -1.92. The molecule has 0 saturated heterocycles. The van der Waals surface area contributed by atoms with Crippen LogP contribution in [0, 0.1) is 0 Å².